The average molecular weight is 256 g/mol. The van der Waals surface area contributed by atoms with Crippen molar-refractivity contribution in [3.05, 3.63) is 29.8 Å². The van der Waals surface area contributed by atoms with E-state index in [1.165, 1.54) is 12.1 Å². The highest BCUT2D eigenvalue weighted by Crippen LogP contribution is 2.30. The van der Waals surface area contributed by atoms with E-state index in [1.54, 1.807) is 0 Å². The summed E-state index contributed by atoms with van der Waals surface area (Å²) in [5.41, 5.74) is 5.43. The van der Waals surface area contributed by atoms with Crippen LogP contribution < -0.4 is 11.2 Å². The number of halogens is 3. The molecule has 0 atom stereocenters. The highest BCUT2D eigenvalue weighted by atomic mass is 19.4. The summed E-state index contributed by atoms with van der Waals surface area (Å²) < 4.78 is 37.1. The lowest BCUT2D eigenvalue weighted by atomic mass is 10.2. The Morgan fingerprint density at radius 2 is 2.11 bits per heavy atom. The molecule has 94 valence electrons. The van der Waals surface area contributed by atoms with Gasteiger partial charge in [-0.1, -0.05) is 6.07 Å². The number of hydrogen-bond acceptors (Lipinski definition) is 4. The number of nitrogens with one attached hydrogen (secondary N) is 1. The molecule has 0 heterocycles. The lowest BCUT2D eigenvalue weighted by molar-refractivity contribution is -0.137. The molecule has 0 saturated carbocycles. The van der Waals surface area contributed by atoms with E-state index in [9.17, 15) is 18.0 Å². The molecule has 0 aliphatic rings. The molecule has 0 bridgehead atoms. The van der Waals surface area contributed by atoms with Gasteiger partial charge in [0.1, 0.15) is 6.07 Å². The molecule has 0 aromatic heterocycles. The third kappa shape index (κ3) is 3.48. The topological polar surface area (TPSA) is 91.3 Å². The second-order valence-electron chi connectivity index (χ2n) is 3.13. The van der Waals surface area contributed by atoms with Gasteiger partial charge in [-0.25, -0.2) is 0 Å². The molecule has 8 heteroatoms. The van der Waals surface area contributed by atoms with Crippen LogP contribution in [0.15, 0.2) is 29.4 Å². The molecule has 5 nitrogen and oxygen atoms in total. The zero-order valence-corrected chi connectivity index (χ0v) is 8.82. The fraction of sp³-hybridized carbons (Fsp3) is 0.100. The first-order valence-electron chi connectivity index (χ1n) is 4.55. The van der Waals surface area contributed by atoms with Crippen molar-refractivity contribution in [1.29, 1.82) is 5.26 Å². The van der Waals surface area contributed by atoms with Crippen LogP contribution in [0.4, 0.5) is 18.9 Å². The fourth-order valence-electron chi connectivity index (χ4n) is 1.02. The number of carbonyl (C=O) groups excluding carboxylic acids is 1. The first-order valence-corrected chi connectivity index (χ1v) is 4.55. The van der Waals surface area contributed by atoms with Gasteiger partial charge >= 0.3 is 6.18 Å². The molecule has 1 aromatic carbocycles. The van der Waals surface area contributed by atoms with Crippen LogP contribution in [-0.4, -0.2) is 11.6 Å². The number of anilines is 1. The summed E-state index contributed by atoms with van der Waals surface area (Å²) in [7, 11) is 0. The van der Waals surface area contributed by atoms with Crippen molar-refractivity contribution in [2.75, 3.05) is 5.43 Å². The van der Waals surface area contributed by atoms with Gasteiger partial charge in [-0.2, -0.15) is 23.5 Å². The number of amides is 1. The molecular weight excluding hydrogens is 249 g/mol. The molecule has 0 radical (unpaired) electrons. The molecule has 1 rings (SSSR count). The average Bonchev–Trinajstić information content (AvgIpc) is 2.28. The number of nitrogens with zero attached hydrogens (tertiary/aromatic N) is 2. The van der Waals surface area contributed by atoms with Crippen LogP contribution in [0.2, 0.25) is 0 Å². The van der Waals surface area contributed by atoms with Crippen molar-refractivity contribution in [3.63, 3.8) is 0 Å². The Kier molecular flexibility index (Phi) is 3.89. The van der Waals surface area contributed by atoms with Gasteiger partial charge in [0, 0.05) is 0 Å². The first kappa shape index (κ1) is 13.5. The summed E-state index contributed by atoms with van der Waals surface area (Å²) in [4.78, 5) is 10.6. The van der Waals surface area contributed by atoms with Gasteiger partial charge < -0.3 is 5.73 Å². The molecule has 0 spiro atoms. The van der Waals surface area contributed by atoms with Crippen LogP contribution in [0.25, 0.3) is 0 Å². The van der Waals surface area contributed by atoms with Gasteiger partial charge in [-0.15, -0.1) is 0 Å². The Hall–Kier alpha value is -2.56. The normalized spacial score (nSPS) is 11.8. The molecule has 1 amide bonds. The number of primary amides is 1. The number of carbonyl (C=O) groups is 1. The van der Waals surface area contributed by atoms with E-state index in [4.69, 9.17) is 11.0 Å². The highest BCUT2D eigenvalue weighted by molar-refractivity contribution is 6.44. The van der Waals surface area contributed by atoms with Crippen LogP contribution in [0.1, 0.15) is 5.56 Å². The Balaban J connectivity index is 2.94. The zero-order chi connectivity index (χ0) is 13.8. The summed E-state index contributed by atoms with van der Waals surface area (Å²) in [5, 5.41) is 11.8. The quantitative estimate of drug-likeness (QED) is 0.633. The van der Waals surface area contributed by atoms with Crippen LogP contribution in [-0.2, 0) is 11.0 Å². The number of benzene rings is 1. The van der Waals surface area contributed by atoms with Crippen molar-refractivity contribution >= 4 is 17.3 Å². The minimum absolute atomic E-state index is 0.0150. The highest BCUT2D eigenvalue weighted by Gasteiger charge is 2.30. The van der Waals surface area contributed by atoms with E-state index >= 15 is 0 Å². The standard InChI is InChI=1S/C10H7F3N4O/c11-10(12,13)6-2-1-3-7(4-6)16-17-8(5-14)9(15)18/h1-4,16H,(H2,15,18)/b17-8-. The molecular formula is C10H7F3N4O. The third-order valence-electron chi connectivity index (χ3n) is 1.83. The second kappa shape index (κ2) is 5.18. The predicted molar refractivity (Wildman–Crippen MR) is 57.3 cm³/mol. The van der Waals surface area contributed by atoms with Crippen molar-refractivity contribution < 1.29 is 18.0 Å². The summed E-state index contributed by atoms with van der Waals surface area (Å²) in [6.45, 7) is 0. The summed E-state index contributed by atoms with van der Waals surface area (Å²) in [5.74, 6) is -1.07. The van der Waals surface area contributed by atoms with Gasteiger partial charge in [0.05, 0.1) is 11.3 Å². The number of hydrazone groups is 1. The maximum absolute atomic E-state index is 12.4. The van der Waals surface area contributed by atoms with Crippen LogP contribution >= 0.6 is 0 Å². The first-order chi connectivity index (χ1) is 8.34. The van der Waals surface area contributed by atoms with Crippen LogP contribution in [0.5, 0.6) is 0 Å². The molecule has 18 heavy (non-hydrogen) atoms. The van der Waals surface area contributed by atoms with E-state index in [1.807, 2.05) is 0 Å². The fourth-order valence-corrected chi connectivity index (χ4v) is 1.02. The Bertz CT molecular complexity index is 531. The molecule has 0 aliphatic carbocycles. The summed E-state index contributed by atoms with van der Waals surface area (Å²) >= 11 is 0. The molecule has 0 aliphatic heterocycles. The van der Waals surface area contributed by atoms with Crippen molar-refractivity contribution in [2.24, 2.45) is 10.8 Å². The predicted octanol–water partition coefficient (Wildman–Crippen LogP) is 1.48. The van der Waals surface area contributed by atoms with E-state index < -0.39 is 23.4 Å². The Labute approximate surface area is 99.7 Å². The van der Waals surface area contributed by atoms with Gasteiger partial charge in [-0.3, -0.25) is 10.2 Å². The second-order valence-corrected chi connectivity index (χ2v) is 3.13. The molecule has 3 N–H and O–H groups in total. The van der Waals surface area contributed by atoms with Gasteiger partial charge in [0.25, 0.3) is 5.91 Å². The van der Waals surface area contributed by atoms with E-state index in [-0.39, 0.29) is 5.69 Å². The number of alkyl halides is 3. The van der Waals surface area contributed by atoms with Gasteiger partial charge in [-0.05, 0) is 18.2 Å². The molecule has 1 aromatic rings. The minimum atomic E-state index is -4.48. The van der Waals surface area contributed by atoms with Crippen molar-refractivity contribution in [3.8, 4) is 6.07 Å². The monoisotopic (exact) mass is 256 g/mol. The van der Waals surface area contributed by atoms with Crippen molar-refractivity contribution in [1.82, 2.24) is 0 Å². The van der Waals surface area contributed by atoms with Gasteiger partial charge in [0.2, 0.25) is 5.71 Å². The third-order valence-corrected chi connectivity index (χ3v) is 1.83. The van der Waals surface area contributed by atoms with E-state index in [0.29, 0.717) is 0 Å². The summed E-state index contributed by atoms with van der Waals surface area (Å²) in [6, 6.07) is 5.55. The van der Waals surface area contributed by atoms with Crippen molar-refractivity contribution in [2.45, 2.75) is 6.18 Å². The lowest BCUT2D eigenvalue weighted by Gasteiger charge is -2.08. The molecule has 0 saturated heterocycles. The number of rotatable bonds is 3. The maximum Gasteiger partial charge on any atom is 0.416 e. The maximum atomic E-state index is 12.4. The molecule has 0 fully saturated rings. The van der Waals surface area contributed by atoms with E-state index in [0.717, 1.165) is 18.2 Å². The Morgan fingerprint density at radius 3 is 2.61 bits per heavy atom. The number of nitrogens with two attached hydrogens (primary N) is 1. The number of nitriles is 1. The Morgan fingerprint density at radius 1 is 1.44 bits per heavy atom. The summed E-state index contributed by atoms with van der Waals surface area (Å²) in [6.07, 6.45) is -4.48. The minimum Gasteiger partial charge on any atom is -0.364 e. The van der Waals surface area contributed by atoms with E-state index in [2.05, 4.69) is 10.5 Å². The van der Waals surface area contributed by atoms with Gasteiger partial charge in [0.15, 0.2) is 0 Å². The smallest absolute Gasteiger partial charge is 0.364 e. The number of hydrogen-bond donors (Lipinski definition) is 2. The lowest BCUT2D eigenvalue weighted by Crippen LogP contribution is -2.22. The molecule has 0 unspecified atom stereocenters. The largest absolute Gasteiger partial charge is 0.416 e. The van der Waals surface area contributed by atoms with Crippen LogP contribution in [0, 0.1) is 11.3 Å². The van der Waals surface area contributed by atoms with Crippen LogP contribution in [0.3, 0.4) is 0 Å². The SMILES string of the molecule is N#C/C(=N/Nc1cccc(C(F)(F)F)c1)C(N)=O. The zero-order valence-electron chi connectivity index (χ0n) is 8.82.